The molecule has 7 nitrogen and oxygen atoms in total. The monoisotopic (exact) mass is 490 g/mol. The highest BCUT2D eigenvalue weighted by Gasteiger charge is 2.20. The van der Waals surface area contributed by atoms with E-state index in [0.29, 0.717) is 16.5 Å². The number of rotatable bonds is 7. The van der Waals surface area contributed by atoms with Crippen LogP contribution in [0.2, 0.25) is 5.02 Å². The minimum Gasteiger partial charge on any atom is -0.495 e. The third-order valence-corrected chi connectivity index (χ3v) is 6.31. The lowest BCUT2D eigenvalue weighted by Crippen LogP contribution is -2.23. The highest BCUT2D eigenvalue weighted by molar-refractivity contribution is 9.10. The van der Waals surface area contributed by atoms with Crippen molar-refractivity contribution in [2.75, 3.05) is 33.1 Å². The summed E-state index contributed by atoms with van der Waals surface area (Å²) < 4.78 is 37.2. The molecule has 2 rings (SSSR count). The van der Waals surface area contributed by atoms with Crippen molar-refractivity contribution in [1.29, 1.82) is 0 Å². The van der Waals surface area contributed by atoms with E-state index < -0.39 is 15.9 Å². The fourth-order valence-corrected chi connectivity index (χ4v) is 4.31. The number of ether oxygens (including phenoxy) is 2. The van der Waals surface area contributed by atoms with Crippen LogP contribution in [0.5, 0.6) is 11.5 Å². The number of hydrogen-bond acceptors (Lipinski definition) is 5. The standard InChI is InChI=1S/C18H20BrClN2O5S/c1-11-7-12(19)8-14(20)18(11)27-10-17(23)21-15-9-13(5-6-16(15)26-4)28(24,25)22(2)3/h5-9H,10H2,1-4H3,(H,21,23). The molecular formula is C18H20BrClN2O5S. The predicted molar refractivity (Wildman–Crippen MR) is 112 cm³/mol. The van der Waals surface area contributed by atoms with Gasteiger partial charge in [-0.05, 0) is 42.8 Å². The van der Waals surface area contributed by atoms with Gasteiger partial charge in [0.1, 0.15) is 11.5 Å². The van der Waals surface area contributed by atoms with Crippen molar-refractivity contribution in [2.45, 2.75) is 11.8 Å². The molecular weight excluding hydrogens is 472 g/mol. The lowest BCUT2D eigenvalue weighted by molar-refractivity contribution is -0.118. The number of nitrogens with zero attached hydrogens (tertiary/aromatic N) is 1. The summed E-state index contributed by atoms with van der Waals surface area (Å²) >= 11 is 9.48. The Labute approximate surface area is 177 Å². The molecule has 0 fully saturated rings. The molecule has 152 valence electrons. The van der Waals surface area contributed by atoms with Gasteiger partial charge in [0.05, 0.1) is 22.7 Å². The molecule has 0 radical (unpaired) electrons. The Kier molecular flexibility index (Phi) is 7.33. The van der Waals surface area contributed by atoms with Gasteiger partial charge in [-0.25, -0.2) is 12.7 Å². The minimum atomic E-state index is -3.66. The quantitative estimate of drug-likeness (QED) is 0.638. The number of methoxy groups -OCH3 is 1. The zero-order chi connectivity index (χ0) is 21.1. The van der Waals surface area contributed by atoms with Gasteiger partial charge in [0.25, 0.3) is 5.91 Å². The molecule has 2 aromatic carbocycles. The Bertz CT molecular complexity index is 972. The minimum absolute atomic E-state index is 0.0290. The van der Waals surface area contributed by atoms with E-state index in [0.717, 1.165) is 14.3 Å². The van der Waals surface area contributed by atoms with Crippen molar-refractivity contribution >= 4 is 49.1 Å². The highest BCUT2D eigenvalue weighted by atomic mass is 79.9. The first-order chi connectivity index (χ1) is 13.1. The maximum absolute atomic E-state index is 12.3. The van der Waals surface area contributed by atoms with Gasteiger partial charge in [-0.2, -0.15) is 0 Å². The highest BCUT2D eigenvalue weighted by Crippen LogP contribution is 2.32. The number of aryl methyl sites for hydroxylation is 1. The van der Waals surface area contributed by atoms with E-state index in [4.69, 9.17) is 21.1 Å². The first kappa shape index (κ1) is 22.5. The summed E-state index contributed by atoms with van der Waals surface area (Å²) in [5, 5.41) is 2.98. The largest absolute Gasteiger partial charge is 0.495 e. The normalized spacial score (nSPS) is 11.4. The average Bonchev–Trinajstić information content (AvgIpc) is 2.60. The summed E-state index contributed by atoms with van der Waals surface area (Å²) in [6, 6.07) is 7.70. The Hall–Kier alpha value is -1.81. The smallest absolute Gasteiger partial charge is 0.262 e. The predicted octanol–water partition coefficient (Wildman–Crippen LogP) is 3.69. The molecule has 0 atom stereocenters. The number of carbonyl (C=O) groups is 1. The molecule has 2 aromatic rings. The van der Waals surface area contributed by atoms with Crippen molar-refractivity contribution < 1.29 is 22.7 Å². The average molecular weight is 492 g/mol. The number of nitrogens with one attached hydrogen (secondary N) is 1. The van der Waals surface area contributed by atoms with Crippen LogP contribution in [-0.4, -0.2) is 46.4 Å². The molecule has 0 aliphatic heterocycles. The van der Waals surface area contributed by atoms with Gasteiger partial charge in [0, 0.05) is 18.6 Å². The molecule has 0 heterocycles. The Morgan fingerprint density at radius 1 is 1.25 bits per heavy atom. The van der Waals surface area contributed by atoms with E-state index >= 15 is 0 Å². The van der Waals surface area contributed by atoms with E-state index in [9.17, 15) is 13.2 Å². The number of hydrogen-bond donors (Lipinski definition) is 1. The Balaban J connectivity index is 2.19. The summed E-state index contributed by atoms with van der Waals surface area (Å²) in [6.45, 7) is 1.50. The van der Waals surface area contributed by atoms with Crippen LogP contribution in [0.1, 0.15) is 5.56 Å². The van der Waals surface area contributed by atoms with Gasteiger partial charge in [0.15, 0.2) is 6.61 Å². The van der Waals surface area contributed by atoms with Gasteiger partial charge < -0.3 is 14.8 Å². The van der Waals surface area contributed by atoms with Gasteiger partial charge in [-0.15, -0.1) is 0 Å². The molecule has 0 saturated heterocycles. The lowest BCUT2D eigenvalue weighted by atomic mass is 10.2. The van der Waals surface area contributed by atoms with Crippen LogP contribution in [-0.2, 0) is 14.8 Å². The first-order valence-corrected chi connectivity index (χ1v) is 10.7. The van der Waals surface area contributed by atoms with Gasteiger partial charge in [-0.3, -0.25) is 4.79 Å². The van der Waals surface area contributed by atoms with Crippen LogP contribution < -0.4 is 14.8 Å². The third kappa shape index (κ3) is 5.16. The van der Waals surface area contributed by atoms with E-state index in [1.54, 1.807) is 6.07 Å². The molecule has 1 amide bonds. The fourth-order valence-electron chi connectivity index (χ4n) is 2.35. The van der Waals surface area contributed by atoms with E-state index in [2.05, 4.69) is 21.2 Å². The van der Waals surface area contributed by atoms with Crippen LogP contribution in [0.15, 0.2) is 39.7 Å². The molecule has 28 heavy (non-hydrogen) atoms. The van der Waals surface area contributed by atoms with Gasteiger partial charge >= 0.3 is 0 Å². The first-order valence-electron chi connectivity index (χ1n) is 8.05. The number of anilines is 1. The van der Waals surface area contributed by atoms with Crippen molar-refractivity contribution in [3.63, 3.8) is 0 Å². The number of benzene rings is 2. The Morgan fingerprint density at radius 3 is 2.50 bits per heavy atom. The number of halogens is 2. The Morgan fingerprint density at radius 2 is 1.93 bits per heavy atom. The molecule has 0 aliphatic carbocycles. The SMILES string of the molecule is COc1ccc(S(=O)(=O)N(C)C)cc1NC(=O)COc1c(C)cc(Br)cc1Cl. The van der Waals surface area contributed by atoms with Gasteiger partial charge in [0.2, 0.25) is 10.0 Å². The molecule has 0 aromatic heterocycles. The topological polar surface area (TPSA) is 84.9 Å². The maximum Gasteiger partial charge on any atom is 0.262 e. The van der Waals surface area contributed by atoms with Crippen LogP contribution in [0.4, 0.5) is 5.69 Å². The summed E-state index contributed by atoms with van der Waals surface area (Å²) in [4.78, 5) is 12.4. The molecule has 0 aliphatic rings. The fraction of sp³-hybridized carbons (Fsp3) is 0.278. The summed E-state index contributed by atoms with van der Waals surface area (Å²) in [7, 11) is 0.619. The van der Waals surface area contributed by atoms with Crippen molar-refractivity contribution in [3.05, 3.63) is 45.4 Å². The summed E-state index contributed by atoms with van der Waals surface area (Å²) in [6.07, 6.45) is 0. The second-order valence-electron chi connectivity index (χ2n) is 6.02. The van der Waals surface area contributed by atoms with E-state index in [1.807, 2.05) is 13.0 Å². The van der Waals surface area contributed by atoms with Crippen molar-refractivity contribution in [2.24, 2.45) is 0 Å². The van der Waals surface area contributed by atoms with Crippen molar-refractivity contribution in [3.8, 4) is 11.5 Å². The van der Waals surface area contributed by atoms with Crippen LogP contribution >= 0.6 is 27.5 Å². The number of carbonyl (C=O) groups excluding carboxylic acids is 1. The van der Waals surface area contributed by atoms with Crippen LogP contribution in [0.25, 0.3) is 0 Å². The summed E-state index contributed by atoms with van der Waals surface area (Å²) in [5.74, 6) is 0.232. The maximum atomic E-state index is 12.3. The zero-order valence-electron chi connectivity index (χ0n) is 15.7. The molecule has 10 heteroatoms. The van der Waals surface area contributed by atoms with E-state index in [-0.39, 0.29) is 17.2 Å². The number of amides is 1. The third-order valence-electron chi connectivity index (χ3n) is 3.77. The summed E-state index contributed by atoms with van der Waals surface area (Å²) in [5.41, 5.74) is 0.987. The van der Waals surface area contributed by atoms with Crippen LogP contribution in [0, 0.1) is 6.92 Å². The lowest BCUT2D eigenvalue weighted by Gasteiger charge is -2.16. The van der Waals surface area contributed by atoms with Gasteiger partial charge in [-0.1, -0.05) is 27.5 Å². The molecule has 0 spiro atoms. The molecule has 0 bridgehead atoms. The molecule has 1 N–H and O–H groups in total. The van der Waals surface area contributed by atoms with Crippen LogP contribution in [0.3, 0.4) is 0 Å². The van der Waals surface area contributed by atoms with E-state index in [1.165, 1.54) is 39.4 Å². The molecule has 0 unspecified atom stereocenters. The zero-order valence-corrected chi connectivity index (χ0v) is 18.9. The second kappa shape index (κ2) is 9.13. The molecule has 0 saturated carbocycles. The second-order valence-corrected chi connectivity index (χ2v) is 9.49. The number of sulfonamides is 1. The van der Waals surface area contributed by atoms with Crippen molar-refractivity contribution in [1.82, 2.24) is 4.31 Å².